The highest BCUT2D eigenvalue weighted by atomic mass is 16.5. The minimum absolute atomic E-state index is 0.0216. The molecule has 0 saturated carbocycles. The van der Waals surface area contributed by atoms with Crippen molar-refractivity contribution in [2.75, 3.05) is 0 Å². The van der Waals surface area contributed by atoms with E-state index in [4.69, 9.17) is 9.15 Å². The van der Waals surface area contributed by atoms with Gasteiger partial charge in [0.25, 0.3) is 5.91 Å². The Kier molecular flexibility index (Phi) is 5.97. The van der Waals surface area contributed by atoms with E-state index in [1.165, 1.54) is 19.3 Å². The van der Waals surface area contributed by atoms with E-state index in [-0.39, 0.29) is 18.2 Å². The number of carbonyl (C=O) groups excluding carboxylic acids is 3. The van der Waals surface area contributed by atoms with Crippen LogP contribution >= 0.6 is 0 Å². The average Bonchev–Trinajstić information content (AvgIpc) is 3.07. The first kappa shape index (κ1) is 19.4. The molecule has 2 aromatic rings. The summed E-state index contributed by atoms with van der Waals surface area (Å²) < 4.78 is 10.3. The monoisotopic (exact) mass is 357 g/mol. The summed E-state index contributed by atoms with van der Waals surface area (Å²) in [5.41, 5.74) is 4.13. The molecular weight excluding hydrogens is 334 g/mol. The van der Waals surface area contributed by atoms with Crippen molar-refractivity contribution < 1.29 is 23.5 Å². The Labute approximate surface area is 152 Å². The van der Waals surface area contributed by atoms with E-state index in [1.807, 2.05) is 26.8 Å². The highest BCUT2D eigenvalue weighted by molar-refractivity contribution is 5.97. The average molecular weight is 357 g/mol. The lowest BCUT2D eigenvalue weighted by molar-refractivity contribution is -0.146. The fourth-order valence-electron chi connectivity index (χ4n) is 2.99. The van der Waals surface area contributed by atoms with Gasteiger partial charge in [0.05, 0.1) is 6.26 Å². The first-order valence-corrected chi connectivity index (χ1v) is 8.34. The van der Waals surface area contributed by atoms with Crippen molar-refractivity contribution >= 4 is 17.7 Å². The smallest absolute Gasteiger partial charge is 0.328 e. The van der Waals surface area contributed by atoms with Gasteiger partial charge in [0.1, 0.15) is 12.6 Å². The summed E-state index contributed by atoms with van der Waals surface area (Å²) in [6.45, 7) is 8.75. The molecule has 0 fully saturated rings. The fraction of sp³-hybridized carbons (Fsp3) is 0.350. The van der Waals surface area contributed by atoms with Crippen LogP contribution in [0.5, 0.6) is 0 Å². The molecule has 6 heteroatoms. The zero-order valence-electron chi connectivity index (χ0n) is 15.6. The number of rotatable bonds is 6. The van der Waals surface area contributed by atoms with E-state index >= 15 is 0 Å². The molecule has 6 nitrogen and oxygen atoms in total. The fourth-order valence-corrected chi connectivity index (χ4v) is 2.99. The summed E-state index contributed by atoms with van der Waals surface area (Å²) in [4.78, 5) is 36.0. The zero-order chi connectivity index (χ0) is 19.4. The summed E-state index contributed by atoms with van der Waals surface area (Å²) in [6.07, 6.45) is 1.38. The Balaban J connectivity index is 2.06. The number of Topliss-reactive ketones (excluding diaryl/α,β-unsaturated/α-hetero) is 1. The topological polar surface area (TPSA) is 85.6 Å². The number of hydrogen-bond donors (Lipinski definition) is 1. The molecule has 0 aliphatic carbocycles. The molecule has 1 N–H and O–H groups in total. The molecule has 0 radical (unpaired) electrons. The van der Waals surface area contributed by atoms with Crippen LogP contribution in [0.1, 0.15) is 57.0 Å². The largest absolute Gasteiger partial charge is 0.459 e. The molecule has 26 heavy (non-hydrogen) atoms. The van der Waals surface area contributed by atoms with Gasteiger partial charge in [-0.25, -0.2) is 4.79 Å². The van der Waals surface area contributed by atoms with Crippen molar-refractivity contribution in [3.8, 4) is 0 Å². The van der Waals surface area contributed by atoms with Crippen LogP contribution in [0.4, 0.5) is 0 Å². The number of esters is 1. The second kappa shape index (κ2) is 7.99. The summed E-state index contributed by atoms with van der Waals surface area (Å²) in [7, 11) is 0. The number of hydrogen-bond acceptors (Lipinski definition) is 5. The third-order valence-corrected chi connectivity index (χ3v) is 4.29. The van der Waals surface area contributed by atoms with Crippen LogP contribution in [-0.4, -0.2) is 23.7 Å². The van der Waals surface area contributed by atoms with Crippen molar-refractivity contribution in [3.05, 3.63) is 58.0 Å². The van der Waals surface area contributed by atoms with Gasteiger partial charge < -0.3 is 14.5 Å². The van der Waals surface area contributed by atoms with Gasteiger partial charge in [-0.05, 0) is 69.0 Å². The van der Waals surface area contributed by atoms with Crippen LogP contribution in [0.15, 0.2) is 28.9 Å². The van der Waals surface area contributed by atoms with Gasteiger partial charge in [-0.2, -0.15) is 0 Å². The summed E-state index contributed by atoms with van der Waals surface area (Å²) in [5, 5.41) is 2.52. The summed E-state index contributed by atoms with van der Waals surface area (Å²) >= 11 is 0. The Morgan fingerprint density at radius 1 is 1.19 bits per heavy atom. The summed E-state index contributed by atoms with van der Waals surface area (Å²) in [5.74, 6) is -0.942. The molecule has 1 amide bonds. The van der Waals surface area contributed by atoms with Gasteiger partial charge >= 0.3 is 5.97 Å². The molecular formula is C20H23NO5. The minimum atomic E-state index is -0.828. The molecule has 1 unspecified atom stereocenters. The van der Waals surface area contributed by atoms with Crippen LogP contribution in [0, 0.1) is 20.8 Å². The van der Waals surface area contributed by atoms with E-state index in [1.54, 1.807) is 13.0 Å². The van der Waals surface area contributed by atoms with Crippen molar-refractivity contribution in [1.82, 2.24) is 5.32 Å². The Bertz CT molecular complexity index is 836. The van der Waals surface area contributed by atoms with Crippen LogP contribution in [0.25, 0.3) is 0 Å². The quantitative estimate of drug-likeness (QED) is 0.633. The van der Waals surface area contributed by atoms with Crippen molar-refractivity contribution in [2.45, 2.75) is 47.3 Å². The number of carbonyl (C=O) groups is 3. The second-order valence-electron chi connectivity index (χ2n) is 6.33. The van der Waals surface area contributed by atoms with E-state index in [0.717, 1.165) is 22.3 Å². The molecule has 1 aromatic carbocycles. The van der Waals surface area contributed by atoms with Crippen LogP contribution < -0.4 is 5.32 Å². The predicted octanol–water partition coefficient (Wildman–Crippen LogP) is 3.27. The van der Waals surface area contributed by atoms with Gasteiger partial charge in [-0.3, -0.25) is 9.59 Å². The van der Waals surface area contributed by atoms with Crippen molar-refractivity contribution in [3.63, 3.8) is 0 Å². The first-order valence-electron chi connectivity index (χ1n) is 8.34. The SMILES string of the molecule is CC(=O)c1c(C)cc(C)c(COC(=O)C(C)NC(=O)c2ccco2)c1C. The molecule has 1 aromatic heterocycles. The van der Waals surface area contributed by atoms with Crippen LogP contribution in [-0.2, 0) is 16.1 Å². The van der Waals surface area contributed by atoms with Crippen molar-refractivity contribution in [1.29, 1.82) is 0 Å². The van der Waals surface area contributed by atoms with E-state index in [0.29, 0.717) is 5.56 Å². The molecule has 0 spiro atoms. The van der Waals surface area contributed by atoms with E-state index in [2.05, 4.69) is 5.32 Å². The van der Waals surface area contributed by atoms with Crippen LogP contribution in [0.3, 0.4) is 0 Å². The number of nitrogens with one attached hydrogen (secondary N) is 1. The maximum atomic E-state index is 12.2. The highest BCUT2D eigenvalue weighted by Gasteiger charge is 2.21. The molecule has 0 aliphatic rings. The lowest BCUT2D eigenvalue weighted by Gasteiger charge is -2.17. The second-order valence-corrected chi connectivity index (χ2v) is 6.33. The first-order chi connectivity index (χ1) is 12.2. The van der Waals surface area contributed by atoms with Gasteiger partial charge in [0, 0.05) is 5.56 Å². The molecule has 138 valence electrons. The van der Waals surface area contributed by atoms with Gasteiger partial charge in [0.2, 0.25) is 0 Å². The number of aryl methyl sites for hydroxylation is 2. The lowest BCUT2D eigenvalue weighted by Crippen LogP contribution is -2.39. The van der Waals surface area contributed by atoms with Gasteiger partial charge in [-0.15, -0.1) is 0 Å². The molecule has 0 bridgehead atoms. The number of amides is 1. The lowest BCUT2D eigenvalue weighted by atomic mass is 9.92. The third-order valence-electron chi connectivity index (χ3n) is 4.29. The van der Waals surface area contributed by atoms with Gasteiger partial charge in [0.15, 0.2) is 11.5 Å². The number of benzene rings is 1. The maximum Gasteiger partial charge on any atom is 0.328 e. The van der Waals surface area contributed by atoms with Crippen molar-refractivity contribution in [2.24, 2.45) is 0 Å². The molecule has 1 heterocycles. The number of ether oxygens (including phenoxy) is 1. The molecule has 2 rings (SSSR count). The predicted molar refractivity (Wildman–Crippen MR) is 96.1 cm³/mol. The van der Waals surface area contributed by atoms with E-state index < -0.39 is 17.9 Å². The standard InChI is InChI=1S/C20H23NO5/c1-11-9-12(2)18(15(5)22)13(3)16(11)10-26-20(24)14(4)21-19(23)17-7-6-8-25-17/h6-9,14H,10H2,1-5H3,(H,21,23). The molecule has 1 atom stereocenters. The minimum Gasteiger partial charge on any atom is -0.459 e. The molecule has 0 aliphatic heterocycles. The van der Waals surface area contributed by atoms with Gasteiger partial charge in [-0.1, -0.05) is 6.07 Å². The van der Waals surface area contributed by atoms with Crippen LogP contribution in [0.2, 0.25) is 0 Å². The van der Waals surface area contributed by atoms with E-state index in [9.17, 15) is 14.4 Å². The Morgan fingerprint density at radius 2 is 1.88 bits per heavy atom. The number of ketones is 1. The Morgan fingerprint density at radius 3 is 2.46 bits per heavy atom. The zero-order valence-corrected chi connectivity index (χ0v) is 15.6. The molecule has 0 saturated heterocycles. The normalized spacial score (nSPS) is 11.7. The Hall–Kier alpha value is -2.89. The third kappa shape index (κ3) is 4.20. The summed E-state index contributed by atoms with van der Waals surface area (Å²) in [6, 6.07) is 4.18. The highest BCUT2D eigenvalue weighted by Crippen LogP contribution is 2.23. The number of furan rings is 1. The maximum absolute atomic E-state index is 12.2.